The third-order valence-electron chi connectivity index (χ3n) is 3.44. The molecule has 2 aromatic carbocycles. The first kappa shape index (κ1) is 15.9. The summed E-state index contributed by atoms with van der Waals surface area (Å²) in [6, 6.07) is 12.5. The zero-order chi connectivity index (χ0) is 16.9. The molecule has 6 nitrogen and oxygen atoms in total. The van der Waals surface area contributed by atoms with Crippen molar-refractivity contribution in [3.05, 3.63) is 48.0 Å². The van der Waals surface area contributed by atoms with Gasteiger partial charge in [0.25, 0.3) is 0 Å². The fourth-order valence-electron chi connectivity index (χ4n) is 2.47. The third kappa shape index (κ3) is 4.04. The minimum Gasteiger partial charge on any atom is -0.486 e. The molecule has 24 heavy (non-hydrogen) atoms. The molecular formula is C18H18N2O4. The molecule has 0 atom stereocenters. The van der Waals surface area contributed by atoms with E-state index >= 15 is 0 Å². The molecule has 1 aliphatic heterocycles. The molecule has 2 amide bonds. The number of carbonyl (C=O) groups excluding carboxylic acids is 2. The highest BCUT2D eigenvalue weighted by molar-refractivity contribution is 5.94. The van der Waals surface area contributed by atoms with Crippen molar-refractivity contribution in [2.75, 3.05) is 23.8 Å². The number of fused-ring (bicyclic) bond motifs is 1. The molecule has 3 rings (SSSR count). The van der Waals surface area contributed by atoms with Gasteiger partial charge >= 0.3 is 0 Å². The van der Waals surface area contributed by atoms with Crippen molar-refractivity contribution in [3.63, 3.8) is 0 Å². The van der Waals surface area contributed by atoms with Gasteiger partial charge in [-0.2, -0.15) is 0 Å². The Labute approximate surface area is 139 Å². The number of carbonyl (C=O) groups is 2. The summed E-state index contributed by atoms with van der Waals surface area (Å²) in [5.41, 5.74) is 2.11. The van der Waals surface area contributed by atoms with Crippen LogP contribution in [0.15, 0.2) is 42.5 Å². The molecular weight excluding hydrogens is 308 g/mol. The Kier molecular flexibility index (Phi) is 4.65. The van der Waals surface area contributed by atoms with Gasteiger partial charge in [0, 0.05) is 18.3 Å². The molecule has 2 N–H and O–H groups in total. The van der Waals surface area contributed by atoms with Crippen LogP contribution in [0.2, 0.25) is 0 Å². The number of hydrogen-bond donors (Lipinski definition) is 2. The van der Waals surface area contributed by atoms with E-state index in [9.17, 15) is 9.59 Å². The van der Waals surface area contributed by atoms with E-state index in [0.29, 0.717) is 36.1 Å². The Morgan fingerprint density at radius 1 is 0.958 bits per heavy atom. The molecule has 2 aromatic rings. The zero-order valence-electron chi connectivity index (χ0n) is 13.3. The topological polar surface area (TPSA) is 76.7 Å². The van der Waals surface area contributed by atoms with Crippen molar-refractivity contribution in [1.29, 1.82) is 0 Å². The van der Waals surface area contributed by atoms with E-state index in [1.807, 2.05) is 18.2 Å². The molecule has 0 aliphatic carbocycles. The predicted molar refractivity (Wildman–Crippen MR) is 90.5 cm³/mol. The Bertz CT molecular complexity index is 773. The van der Waals surface area contributed by atoms with Gasteiger partial charge in [0.15, 0.2) is 11.5 Å². The van der Waals surface area contributed by atoms with Gasteiger partial charge in [0.05, 0.1) is 6.42 Å². The average molecular weight is 326 g/mol. The predicted octanol–water partition coefficient (Wildman–Crippen LogP) is 2.60. The van der Waals surface area contributed by atoms with Crippen molar-refractivity contribution in [2.45, 2.75) is 13.3 Å². The molecule has 1 heterocycles. The first-order valence-corrected chi connectivity index (χ1v) is 7.66. The summed E-state index contributed by atoms with van der Waals surface area (Å²) >= 11 is 0. The fourth-order valence-corrected chi connectivity index (χ4v) is 2.47. The van der Waals surface area contributed by atoms with E-state index in [1.54, 1.807) is 24.3 Å². The van der Waals surface area contributed by atoms with Gasteiger partial charge < -0.3 is 20.1 Å². The van der Waals surface area contributed by atoms with Crippen molar-refractivity contribution in [3.8, 4) is 11.5 Å². The summed E-state index contributed by atoms with van der Waals surface area (Å²) in [5.74, 6) is 1.06. The van der Waals surface area contributed by atoms with Gasteiger partial charge in [-0.05, 0) is 35.9 Å². The third-order valence-corrected chi connectivity index (χ3v) is 3.44. The van der Waals surface area contributed by atoms with Crippen LogP contribution >= 0.6 is 0 Å². The summed E-state index contributed by atoms with van der Waals surface area (Å²) in [6.45, 7) is 2.49. The summed E-state index contributed by atoms with van der Waals surface area (Å²) in [7, 11) is 0. The number of hydrogen-bond acceptors (Lipinski definition) is 4. The quantitative estimate of drug-likeness (QED) is 0.905. The van der Waals surface area contributed by atoms with Crippen LogP contribution in [0.4, 0.5) is 11.4 Å². The summed E-state index contributed by atoms with van der Waals surface area (Å²) in [5, 5.41) is 5.50. The minimum atomic E-state index is -0.158. The summed E-state index contributed by atoms with van der Waals surface area (Å²) < 4.78 is 11.0. The lowest BCUT2D eigenvalue weighted by Gasteiger charge is -2.18. The normalized spacial score (nSPS) is 12.4. The lowest BCUT2D eigenvalue weighted by molar-refractivity contribution is -0.115. The van der Waals surface area contributed by atoms with Crippen LogP contribution < -0.4 is 20.1 Å². The molecule has 0 aromatic heterocycles. The van der Waals surface area contributed by atoms with E-state index in [0.717, 1.165) is 5.56 Å². The van der Waals surface area contributed by atoms with Crippen molar-refractivity contribution >= 4 is 23.2 Å². The highest BCUT2D eigenvalue weighted by atomic mass is 16.6. The van der Waals surface area contributed by atoms with Gasteiger partial charge in [0.1, 0.15) is 13.2 Å². The van der Waals surface area contributed by atoms with E-state index in [-0.39, 0.29) is 18.2 Å². The standard InChI is InChI=1S/C18H18N2O4/c1-12(21)19-14-3-2-4-15(11-14)20-18(22)10-13-5-6-16-17(9-13)24-8-7-23-16/h2-6,9,11H,7-8,10H2,1H3,(H,19,21)(H,20,22). The molecule has 1 aliphatic rings. The number of nitrogens with one attached hydrogen (secondary N) is 2. The smallest absolute Gasteiger partial charge is 0.228 e. The summed E-state index contributed by atoms with van der Waals surface area (Å²) in [4.78, 5) is 23.3. The van der Waals surface area contributed by atoms with Crippen LogP contribution in [0.3, 0.4) is 0 Å². The highest BCUT2D eigenvalue weighted by Gasteiger charge is 2.13. The number of benzene rings is 2. The zero-order valence-corrected chi connectivity index (χ0v) is 13.3. The number of anilines is 2. The molecule has 124 valence electrons. The molecule has 6 heteroatoms. The molecule has 0 spiro atoms. The maximum Gasteiger partial charge on any atom is 0.228 e. The van der Waals surface area contributed by atoms with E-state index in [4.69, 9.17) is 9.47 Å². The first-order chi connectivity index (χ1) is 11.6. The minimum absolute atomic E-state index is 0.147. The summed E-state index contributed by atoms with van der Waals surface area (Å²) in [6.07, 6.45) is 0.223. The second-order valence-electron chi connectivity index (χ2n) is 5.46. The largest absolute Gasteiger partial charge is 0.486 e. The Hall–Kier alpha value is -3.02. The van der Waals surface area contributed by atoms with Crippen LogP contribution in [0.1, 0.15) is 12.5 Å². The lowest BCUT2D eigenvalue weighted by Crippen LogP contribution is -2.17. The Morgan fingerprint density at radius 3 is 2.42 bits per heavy atom. The van der Waals surface area contributed by atoms with E-state index < -0.39 is 0 Å². The van der Waals surface area contributed by atoms with E-state index in [1.165, 1.54) is 6.92 Å². The highest BCUT2D eigenvalue weighted by Crippen LogP contribution is 2.30. The van der Waals surface area contributed by atoms with E-state index in [2.05, 4.69) is 10.6 Å². The maximum atomic E-state index is 12.2. The monoisotopic (exact) mass is 326 g/mol. The number of ether oxygens (including phenoxy) is 2. The van der Waals surface area contributed by atoms with Crippen LogP contribution in [0, 0.1) is 0 Å². The first-order valence-electron chi connectivity index (χ1n) is 7.66. The maximum absolute atomic E-state index is 12.2. The van der Waals surface area contributed by atoms with Gasteiger partial charge in [-0.25, -0.2) is 0 Å². The van der Waals surface area contributed by atoms with Crippen LogP contribution in [-0.2, 0) is 16.0 Å². The van der Waals surface area contributed by atoms with Gasteiger partial charge in [-0.3, -0.25) is 9.59 Å². The molecule has 0 radical (unpaired) electrons. The van der Waals surface area contributed by atoms with Crippen molar-refractivity contribution in [2.24, 2.45) is 0 Å². The molecule has 0 saturated carbocycles. The van der Waals surface area contributed by atoms with Crippen LogP contribution in [0.25, 0.3) is 0 Å². The molecule has 0 fully saturated rings. The number of amides is 2. The van der Waals surface area contributed by atoms with Gasteiger partial charge in [0.2, 0.25) is 11.8 Å². The molecule has 0 saturated heterocycles. The second-order valence-corrected chi connectivity index (χ2v) is 5.46. The Morgan fingerprint density at radius 2 is 1.67 bits per heavy atom. The van der Waals surface area contributed by atoms with Crippen molar-refractivity contribution in [1.82, 2.24) is 0 Å². The molecule has 0 unspecified atom stereocenters. The lowest BCUT2D eigenvalue weighted by atomic mass is 10.1. The second kappa shape index (κ2) is 7.04. The van der Waals surface area contributed by atoms with Gasteiger partial charge in [-0.15, -0.1) is 0 Å². The SMILES string of the molecule is CC(=O)Nc1cccc(NC(=O)Cc2ccc3c(c2)OCCO3)c1. The van der Waals surface area contributed by atoms with Crippen LogP contribution in [0.5, 0.6) is 11.5 Å². The average Bonchev–Trinajstić information content (AvgIpc) is 2.54. The van der Waals surface area contributed by atoms with Gasteiger partial charge in [-0.1, -0.05) is 12.1 Å². The van der Waals surface area contributed by atoms with Crippen LogP contribution in [-0.4, -0.2) is 25.0 Å². The fraction of sp³-hybridized carbons (Fsp3) is 0.222. The Balaban J connectivity index is 1.64. The molecule has 0 bridgehead atoms. The van der Waals surface area contributed by atoms with Crippen molar-refractivity contribution < 1.29 is 19.1 Å². The number of rotatable bonds is 4.